The Kier molecular flexibility index (Phi) is 5.22. The van der Waals surface area contributed by atoms with E-state index in [9.17, 15) is 14.4 Å². The van der Waals surface area contributed by atoms with Crippen molar-refractivity contribution >= 4 is 34.1 Å². The van der Waals surface area contributed by atoms with Gasteiger partial charge in [-0.3, -0.25) is 14.4 Å². The predicted octanol–water partition coefficient (Wildman–Crippen LogP) is 2.74. The van der Waals surface area contributed by atoms with Crippen molar-refractivity contribution in [1.29, 1.82) is 0 Å². The largest absolute Gasteiger partial charge is 0.345 e. The summed E-state index contributed by atoms with van der Waals surface area (Å²) in [7, 11) is 1.79. The molecule has 2 aliphatic carbocycles. The van der Waals surface area contributed by atoms with Gasteiger partial charge >= 0.3 is 0 Å². The van der Waals surface area contributed by atoms with Gasteiger partial charge in [-0.05, 0) is 18.8 Å². The Morgan fingerprint density at radius 3 is 2.60 bits per heavy atom. The van der Waals surface area contributed by atoms with Crippen LogP contribution in [0.25, 0.3) is 0 Å². The van der Waals surface area contributed by atoms with Crippen molar-refractivity contribution in [3.05, 3.63) is 10.6 Å². The first-order valence-corrected chi connectivity index (χ1v) is 9.75. The molecule has 1 saturated carbocycles. The van der Waals surface area contributed by atoms with Gasteiger partial charge in [0.05, 0.1) is 16.5 Å². The minimum Gasteiger partial charge on any atom is -0.345 e. The Hall–Kier alpha value is -1.76. The molecule has 25 heavy (non-hydrogen) atoms. The minimum atomic E-state index is -0.346. The molecule has 0 saturated heterocycles. The summed E-state index contributed by atoms with van der Waals surface area (Å²) in [5.41, 5.74) is 0.654. The molecule has 0 spiro atoms. The summed E-state index contributed by atoms with van der Waals surface area (Å²) < 4.78 is 0. The van der Waals surface area contributed by atoms with Crippen LogP contribution in [0.1, 0.15) is 54.9 Å². The van der Waals surface area contributed by atoms with E-state index in [1.165, 1.54) is 11.3 Å². The molecule has 0 radical (unpaired) electrons. The van der Waals surface area contributed by atoms with E-state index < -0.39 is 0 Å². The van der Waals surface area contributed by atoms with Gasteiger partial charge in [0.15, 0.2) is 10.9 Å². The third-order valence-electron chi connectivity index (χ3n) is 4.89. The van der Waals surface area contributed by atoms with E-state index >= 15 is 0 Å². The van der Waals surface area contributed by atoms with Crippen molar-refractivity contribution in [2.24, 2.45) is 17.8 Å². The van der Waals surface area contributed by atoms with Crippen LogP contribution in [0.15, 0.2) is 0 Å². The molecular formula is C18H25N3O3S. The Morgan fingerprint density at radius 2 is 2.00 bits per heavy atom. The number of hydrogen-bond donors (Lipinski definition) is 1. The number of rotatable bonds is 5. The number of Topliss-reactive ketones (excluding diaryl/α,β-unsaturated/α-hetero) is 1. The summed E-state index contributed by atoms with van der Waals surface area (Å²) in [6.07, 6.45) is 3.65. The normalized spacial score (nSPS) is 20.2. The second-order valence-electron chi connectivity index (χ2n) is 7.55. The van der Waals surface area contributed by atoms with E-state index in [0.29, 0.717) is 34.6 Å². The van der Waals surface area contributed by atoms with Crippen molar-refractivity contribution < 1.29 is 14.4 Å². The number of hydrogen-bond acceptors (Lipinski definition) is 5. The zero-order chi connectivity index (χ0) is 18.1. The number of carbonyl (C=O) groups is 3. The molecule has 1 aromatic rings. The Balaban J connectivity index is 1.68. The molecule has 7 heteroatoms. The third kappa shape index (κ3) is 3.92. The average molecular weight is 363 g/mol. The van der Waals surface area contributed by atoms with Gasteiger partial charge < -0.3 is 10.2 Å². The van der Waals surface area contributed by atoms with Crippen molar-refractivity contribution in [2.75, 3.05) is 18.9 Å². The first-order chi connectivity index (χ1) is 11.8. The van der Waals surface area contributed by atoms with Gasteiger partial charge in [-0.2, -0.15) is 0 Å². The highest BCUT2D eigenvalue weighted by Gasteiger charge is 2.35. The molecule has 1 fully saturated rings. The van der Waals surface area contributed by atoms with Crippen LogP contribution in [0.5, 0.6) is 0 Å². The van der Waals surface area contributed by atoms with Crippen molar-refractivity contribution in [3.63, 3.8) is 0 Å². The van der Waals surface area contributed by atoms with E-state index in [2.05, 4.69) is 24.1 Å². The molecule has 1 atom stereocenters. The fraction of sp³-hybridized carbons (Fsp3) is 0.667. The smallest absolute Gasteiger partial charge is 0.229 e. The second-order valence-corrected chi connectivity index (χ2v) is 8.55. The summed E-state index contributed by atoms with van der Waals surface area (Å²) >= 11 is 1.24. The number of fused-ring (bicyclic) bond motifs is 1. The lowest BCUT2D eigenvalue weighted by Crippen LogP contribution is -2.38. The van der Waals surface area contributed by atoms with Crippen molar-refractivity contribution in [1.82, 2.24) is 9.88 Å². The van der Waals surface area contributed by atoms with Gasteiger partial charge in [0.1, 0.15) is 0 Å². The highest BCUT2D eigenvalue weighted by Crippen LogP contribution is 2.34. The summed E-state index contributed by atoms with van der Waals surface area (Å²) in [6, 6.07) is 0. The van der Waals surface area contributed by atoms with Gasteiger partial charge in [0.25, 0.3) is 0 Å². The van der Waals surface area contributed by atoms with E-state index in [0.717, 1.165) is 19.3 Å². The lowest BCUT2D eigenvalue weighted by Gasteiger charge is -2.26. The summed E-state index contributed by atoms with van der Waals surface area (Å²) in [5.74, 6) is 0.0714. The lowest BCUT2D eigenvalue weighted by atomic mass is 9.85. The van der Waals surface area contributed by atoms with Gasteiger partial charge in [0, 0.05) is 32.4 Å². The molecule has 3 rings (SSSR count). The van der Waals surface area contributed by atoms with Crippen molar-refractivity contribution in [3.8, 4) is 0 Å². The molecule has 1 aromatic heterocycles. The highest BCUT2D eigenvalue weighted by molar-refractivity contribution is 7.17. The molecule has 0 bridgehead atoms. The first-order valence-electron chi connectivity index (χ1n) is 8.94. The molecule has 136 valence electrons. The molecule has 2 aliphatic rings. The van der Waals surface area contributed by atoms with Crippen LogP contribution in [0.3, 0.4) is 0 Å². The summed E-state index contributed by atoms with van der Waals surface area (Å²) in [5, 5.41) is 3.32. The van der Waals surface area contributed by atoms with Crippen LogP contribution in [0.2, 0.25) is 0 Å². The Labute approximate surface area is 152 Å². The third-order valence-corrected chi connectivity index (χ3v) is 5.95. The molecule has 6 nitrogen and oxygen atoms in total. The molecule has 2 amide bonds. The standard InChI is InChI=1S/C18H25N3O3S/c1-10(2)9-21(3)17(24)12-7-13-15(14(22)8-12)25-18(19-13)20-16(23)11-5-4-6-11/h10-12H,4-9H2,1-3H3,(H,19,20,23). The second kappa shape index (κ2) is 7.23. The number of anilines is 1. The van der Waals surface area contributed by atoms with Gasteiger partial charge in [0.2, 0.25) is 11.8 Å². The molecule has 1 heterocycles. The highest BCUT2D eigenvalue weighted by atomic mass is 32.1. The number of ketones is 1. The fourth-order valence-corrected chi connectivity index (χ4v) is 4.33. The van der Waals surface area contributed by atoms with Crippen LogP contribution in [-0.2, 0) is 16.0 Å². The number of aromatic nitrogens is 1. The molecular weight excluding hydrogens is 338 g/mol. The van der Waals surface area contributed by atoms with Crippen LogP contribution in [0, 0.1) is 17.8 Å². The van der Waals surface area contributed by atoms with Crippen LogP contribution in [0.4, 0.5) is 5.13 Å². The SMILES string of the molecule is CC(C)CN(C)C(=O)C1CC(=O)c2sc(NC(=O)C3CCC3)nc2C1. The summed E-state index contributed by atoms with van der Waals surface area (Å²) in [6.45, 7) is 4.80. The van der Waals surface area contributed by atoms with Gasteiger partial charge in [-0.15, -0.1) is 0 Å². The van der Waals surface area contributed by atoms with Crippen LogP contribution in [-0.4, -0.2) is 41.1 Å². The number of thiazole rings is 1. The molecule has 0 aromatic carbocycles. The van der Waals surface area contributed by atoms with E-state index in [-0.39, 0.29) is 35.9 Å². The molecule has 1 unspecified atom stereocenters. The van der Waals surface area contributed by atoms with Crippen LogP contribution < -0.4 is 5.32 Å². The quantitative estimate of drug-likeness (QED) is 0.872. The van der Waals surface area contributed by atoms with Crippen molar-refractivity contribution in [2.45, 2.75) is 46.0 Å². The van der Waals surface area contributed by atoms with Gasteiger partial charge in [-0.25, -0.2) is 4.98 Å². The maximum Gasteiger partial charge on any atom is 0.229 e. The molecule has 1 N–H and O–H groups in total. The number of carbonyl (C=O) groups excluding carboxylic acids is 3. The Bertz CT molecular complexity index is 694. The molecule has 0 aliphatic heterocycles. The fourth-order valence-electron chi connectivity index (χ4n) is 3.39. The monoisotopic (exact) mass is 363 g/mol. The Morgan fingerprint density at radius 1 is 1.28 bits per heavy atom. The van der Waals surface area contributed by atoms with E-state index in [1.54, 1.807) is 11.9 Å². The number of nitrogens with zero attached hydrogens (tertiary/aromatic N) is 2. The summed E-state index contributed by atoms with van der Waals surface area (Å²) in [4.78, 5) is 43.8. The number of nitrogens with one attached hydrogen (secondary N) is 1. The predicted molar refractivity (Wildman–Crippen MR) is 96.7 cm³/mol. The van der Waals surface area contributed by atoms with Gasteiger partial charge in [-0.1, -0.05) is 31.6 Å². The first kappa shape index (κ1) is 18.0. The van der Waals surface area contributed by atoms with E-state index in [4.69, 9.17) is 0 Å². The maximum atomic E-state index is 12.6. The van der Waals surface area contributed by atoms with E-state index in [1.807, 2.05) is 0 Å². The average Bonchev–Trinajstić information content (AvgIpc) is 2.86. The topological polar surface area (TPSA) is 79.4 Å². The number of amides is 2. The van der Waals surface area contributed by atoms with Crippen LogP contribution >= 0.6 is 11.3 Å². The maximum absolute atomic E-state index is 12.6. The lowest BCUT2D eigenvalue weighted by molar-refractivity contribution is -0.134. The zero-order valence-corrected chi connectivity index (χ0v) is 15.8. The zero-order valence-electron chi connectivity index (χ0n) is 15.0. The minimum absolute atomic E-state index is 0.000698.